The highest BCUT2D eigenvalue weighted by Crippen LogP contribution is 2.41. The van der Waals surface area contributed by atoms with Gasteiger partial charge in [-0.15, -0.1) is 0 Å². The summed E-state index contributed by atoms with van der Waals surface area (Å²) < 4.78 is 11.7. The maximum Gasteiger partial charge on any atom is 0.254 e. The van der Waals surface area contributed by atoms with E-state index in [0.717, 1.165) is 0 Å². The van der Waals surface area contributed by atoms with E-state index >= 15 is 0 Å². The van der Waals surface area contributed by atoms with Crippen LogP contribution < -0.4 is 5.32 Å². The molecule has 0 aromatic heterocycles. The lowest BCUT2D eigenvalue weighted by Gasteiger charge is -2.36. The SMILES string of the molecule is COC1(OC)CN(C(=O)c2ccccc2)C2CCN(C(=O)CC(C)CCNC(=O)c3ccc(C(C)(C)C)cc3)C21. The Morgan fingerprint density at radius 2 is 1.62 bits per heavy atom. The summed E-state index contributed by atoms with van der Waals surface area (Å²) in [4.78, 5) is 43.2. The molecular formula is C32H43N3O5. The minimum absolute atomic E-state index is 0.0107. The summed E-state index contributed by atoms with van der Waals surface area (Å²) in [6.45, 7) is 9.73. The summed E-state index contributed by atoms with van der Waals surface area (Å²) in [6, 6.07) is 16.3. The predicted molar refractivity (Wildman–Crippen MR) is 154 cm³/mol. The van der Waals surface area contributed by atoms with Crippen molar-refractivity contribution in [1.82, 2.24) is 15.1 Å². The number of fused-ring (bicyclic) bond motifs is 1. The number of likely N-dealkylation sites (tertiary alicyclic amines) is 2. The lowest BCUT2D eigenvalue weighted by atomic mass is 9.87. The second-order valence-electron chi connectivity index (χ2n) is 12.1. The van der Waals surface area contributed by atoms with Crippen LogP contribution in [0, 0.1) is 5.92 Å². The third-order valence-electron chi connectivity index (χ3n) is 8.36. The number of nitrogens with one attached hydrogen (secondary N) is 1. The first-order valence-electron chi connectivity index (χ1n) is 14.1. The van der Waals surface area contributed by atoms with Crippen LogP contribution in [-0.4, -0.2) is 79.2 Å². The molecule has 4 rings (SSSR count). The van der Waals surface area contributed by atoms with Gasteiger partial charge in [-0.3, -0.25) is 14.4 Å². The summed E-state index contributed by atoms with van der Waals surface area (Å²) in [7, 11) is 3.14. The molecule has 2 aliphatic heterocycles. The molecule has 2 saturated heterocycles. The normalized spacial score (nSPS) is 20.8. The Bertz CT molecular complexity index is 1190. The molecule has 2 aromatic rings. The van der Waals surface area contributed by atoms with Gasteiger partial charge in [-0.05, 0) is 54.0 Å². The number of rotatable bonds is 9. The zero-order valence-electron chi connectivity index (χ0n) is 24.6. The first kappa shape index (κ1) is 29.7. The van der Waals surface area contributed by atoms with Gasteiger partial charge in [0.1, 0.15) is 6.04 Å². The number of carbonyl (C=O) groups is 3. The van der Waals surface area contributed by atoms with E-state index in [-0.39, 0.29) is 47.7 Å². The molecule has 0 saturated carbocycles. The van der Waals surface area contributed by atoms with E-state index in [1.165, 1.54) is 5.56 Å². The predicted octanol–water partition coefficient (Wildman–Crippen LogP) is 4.24. The summed E-state index contributed by atoms with van der Waals surface area (Å²) >= 11 is 0. The number of benzene rings is 2. The Kier molecular flexibility index (Phi) is 9.00. The van der Waals surface area contributed by atoms with Gasteiger partial charge in [0.2, 0.25) is 11.7 Å². The molecule has 0 bridgehead atoms. The number of methoxy groups -OCH3 is 2. The Labute approximate surface area is 238 Å². The van der Waals surface area contributed by atoms with Crippen molar-refractivity contribution in [2.45, 2.75) is 70.2 Å². The van der Waals surface area contributed by atoms with Crippen molar-refractivity contribution in [1.29, 1.82) is 0 Å². The molecule has 40 heavy (non-hydrogen) atoms. The third kappa shape index (κ3) is 6.08. The van der Waals surface area contributed by atoms with Crippen LogP contribution >= 0.6 is 0 Å². The number of hydrogen-bond donors (Lipinski definition) is 1. The van der Waals surface area contributed by atoms with E-state index in [0.29, 0.717) is 43.5 Å². The highest BCUT2D eigenvalue weighted by molar-refractivity contribution is 5.95. The van der Waals surface area contributed by atoms with Gasteiger partial charge in [-0.25, -0.2) is 0 Å². The average molecular weight is 550 g/mol. The van der Waals surface area contributed by atoms with Gasteiger partial charge < -0.3 is 24.6 Å². The van der Waals surface area contributed by atoms with Crippen LogP contribution in [0.25, 0.3) is 0 Å². The molecule has 0 radical (unpaired) electrons. The largest absolute Gasteiger partial charge is 0.352 e. The van der Waals surface area contributed by atoms with Crippen LogP contribution in [0.1, 0.15) is 73.2 Å². The van der Waals surface area contributed by atoms with Crippen LogP contribution in [0.4, 0.5) is 0 Å². The maximum absolute atomic E-state index is 13.5. The molecule has 1 N–H and O–H groups in total. The quantitative estimate of drug-likeness (QED) is 0.473. The first-order chi connectivity index (χ1) is 19.0. The topological polar surface area (TPSA) is 88.2 Å². The second-order valence-corrected chi connectivity index (χ2v) is 12.1. The molecule has 3 unspecified atom stereocenters. The van der Waals surface area contributed by atoms with Crippen LogP contribution in [-0.2, 0) is 19.7 Å². The molecule has 3 amide bonds. The van der Waals surface area contributed by atoms with Gasteiger partial charge in [0.05, 0.1) is 12.6 Å². The lowest BCUT2D eigenvalue weighted by Crippen LogP contribution is -2.55. The van der Waals surface area contributed by atoms with Crippen molar-refractivity contribution in [2.24, 2.45) is 5.92 Å². The van der Waals surface area contributed by atoms with Gasteiger partial charge in [0, 0.05) is 44.9 Å². The fourth-order valence-corrected chi connectivity index (χ4v) is 5.96. The number of amides is 3. The summed E-state index contributed by atoms with van der Waals surface area (Å²) in [5, 5.41) is 2.99. The van der Waals surface area contributed by atoms with Crippen molar-refractivity contribution >= 4 is 17.7 Å². The zero-order valence-corrected chi connectivity index (χ0v) is 24.6. The van der Waals surface area contributed by atoms with Crippen LogP contribution in [0.15, 0.2) is 54.6 Å². The van der Waals surface area contributed by atoms with Crippen molar-refractivity contribution in [2.75, 3.05) is 33.9 Å². The molecule has 8 nitrogen and oxygen atoms in total. The molecule has 2 fully saturated rings. The molecular weight excluding hydrogens is 506 g/mol. The fourth-order valence-electron chi connectivity index (χ4n) is 5.96. The molecule has 0 spiro atoms. The van der Waals surface area contributed by atoms with Crippen LogP contribution in [0.2, 0.25) is 0 Å². The molecule has 2 aromatic carbocycles. The highest BCUT2D eigenvalue weighted by Gasteiger charge is 2.61. The number of carbonyl (C=O) groups excluding carboxylic acids is 3. The standard InChI is InChI=1S/C32H43N3O5/c1-22(16-18-33-29(37)23-12-14-25(15-13-23)31(2,3)4)20-27(36)34-19-17-26-28(34)32(39-5,40-6)21-35(26)30(38)24-10-8-7-9-11-24/h7-15,22,26,28H,16-21H2,1-6H3,(H,33,37). The van der Waals surface area contributed by atoms with Gasteiger partial charge in [-0.2, -0.15) is 0 Å². The smallest absolute Gasteiger partial charge is 0.254 e. The van der Waals surface area contributed by atoms with Crippen molar-refractivity contribution in [3.63, 3.8) is 0 Å². The minimum Gasteiger partial charge on any atom is -0.352 e. The van der Waals surface area contributed by atoms with E-state index in [4.69, 9.17) is 9.47 Å². The van der Waals surface area contributed by atoms with Crippen molar-refractivity contribution < 1.29 is 23.9 Å². The molecule has 2 aliphatic rings. The minimum atomic E-state index is -1.08. The summed E-state index contributed by atoms with van der Waals surface area (Å²) in [5.74, 6) is -1.20. The third-order valence-corrected chi connectivity index (χ3v) is 8.36. The van der Waals surface area contributed by atoms with Crippen molar-refractivity contribution in [3.05, 3.63) is 71.3 Å². The molecule has 0 aliphatic carbocycles. The molecule has 2 heterocycles. The highest BCUT2D eigenvalue weighted by atomic mass is 16.7. The Morgan fingerprint density at radius 1 is 0.975 bits per heavy atom. The zero-order chi connectivity index (χ0) is 29.1. The van der Waals surface area contributed by atoms with Gasteiger partial charge >= 0.3 is 0 Å². The Hall–Kier alpha value is -3.23. The van der Waals surface area contributed by atoms with Crippen LogP contribution in [0.5, 0.6) is 0 Å². The lowest BCUT2D eigenvalue weighted by molar-refractivity contribution is -0.222. The van der Waals surface area contributed by atoms with Gasteiger partial charge in [0.25, 0.3) is 11.8 Å². The van der Waals surface area contributed by atoms with E-state index < -0.39 is 5.79 Å². The number of ether oxygens (including phenoxy) is 2. The number of hydrogen-bond acceptors (Lipinski definition) is 5. The Balaban J connectivity index is 1.34. The summed E-state index contributed by atoms with van der Waals surface area (Å²) in [5.41, 5.74) is 2.45. The first-order valence-corrected chi connectivity index (χ1v) is 14.1. The fraction of sp³-hybridized carbons (Fsp3) is 0.531. The summed E-state index contributed by atoms with van der Waals surface area (Å²) in [6.07, 6.45) is 1.69. The second kappa shape index (κ2) is 12.1. The van der Waals surface area contributed by atoms with Gasteiger partial charge in [-0.1, -0.05) is 58.0 Å². The van der Waals surface area contributed by atoms with E-state index in [1.54, 1.807) is 31.3 Å². The average Bonchev–Trinajstić information content (AvgIpc) is 3.52. The molecule has 216 valence electrons. The molecule has 8 heteroatoms. The van der Waals surface area contributed by atoms with E-state index in [1.807, 2.05) is 54.3 Å². The van der Waals surface area contributed by atoms with Crippen LogP contribution in [0.3, 0.4) is 0 Å². The monoisotopic (exact) mass is 549 g/mol. The Morgan fingerprint density at radius 3 is 2.23 bits per heavy atom. The van der Waals surface area contributed by atoms with Gasteiger partial charge in [0.15, 0.2) is 0 Å². The number of nitrogens with zero attached hydrogens (tertiary/aromatic N) is 2. The van der Waals surface area contributed by atoms with Crippen molar-refractivity contribution in [3.8, 4) is 0 Å². The maximum atomic E-state index is 13.5. The van der Waals surface area contributed by atoms with E-state index in [2.05, 4.69) is 26.1 Å². The van der Waals surface area contributed by atoms with E-state index in [9.17, 15) is 14.4 Å². The molecule has 3 atom stereocenters.